The van der Waals surface area contributed by atoms with Crippen molar-refractivity contribution < 1.29 is 4.74 Å². The summed E-state index contributed by atoms with van der Waals surface area (Å²) in [5, 5.41) is 8.53. The molecule has 24 heavy (non-hydrogen) atoms. The Balaban J connectivity index is 1.52. The van der Waals surface area contributed by atoms with Crippen LogP contribution in [-0.4, -0.2) is 58.6 Å². The molecule has 2 aromatic rings. The number of morpholine rings is 1. The molecule has 0 N–H and O–H groups in total. The van der Waals surface area contributed by atoms with E-state index in [1.54, 1.807) is 12.4 Å². The van der Waals surface area contributed by atoms with Crippen LogP contribution in [0.3, 0.4) is 0 Å². The number of aromatic nitrogens is 4. The summed E-state index contributed by atoms with van der Waals surface area (Å²) in [5.41, 5.74) is 0.745. The molecule has 0 aromatic carbocycles. The smallest absolute Gasteiger partial charge is 0.225 e. The molecule has 1 atom stereocenters. The molecule has 7 heteroatoms. The zero-order valence-electron chi connectivity index (χ0n) is 13.9. The van der Waals surface area contributed by atoms with E-state index < -0.39 is 0 Å². The van der Waals surface area contributed by atoms with Gasteiger partial charge in [-0.15, -0.1) is 5.10 Å². The third-order valence-corrected chi connectivity index (χ3v) is 4.73. The minimum Gasteiger partial charge on any atom is -0.369 e. The fourth-order valence-corrected chi connectivity index (χ4v) is 3.57. The second-order valence-electron chi connectivity index (χ2n) is 6.56. The van der Waals surface area contributed by atoms with Gasteiger partial charge in [0.1, 0.15) is 5.60 Å². The van der Waals surface area contributed by atoms with Crippen molar-refractivity contribution in [2.75, 3.05) is 42.6 Å². The summed E-state index contributed by atoms with van der Waals surface area (Å²) in [6.07, 6.45) is 5.71. The number of nitrogens with zero attached hydrogens (tertiary/aromatic N) is 6. The van der Waals surface area contributed by atoms with Gasteiger partial charge in [0.15, 0.2) is 5.82 Å². The molecule has 0 saturated carbocycles. The van der Waals surface area contributed by atoms with E-state index >= 15 is 0 Å². The summed E-state index contributed by atoms with van der Waals surface area (Å²) in [4.78, 5) is 13.3. The molecule has 2 fully saturated rings. The molecule has 7 nitrogen and oxygen atoms in total. The van der Waals surface area contributed by atoms with Gasteiger partial charge in [-0.25, -0.2) is 9.97 Å². The summed E-state index contributed by atoms with van der Waals surface area (Å²) in [5.74, 6) is 1.71. The van der Waals surface area contributed by atoms with Crippen LogP contribution in [-0.2, 0) is 4.74 Å². The number of aryl methyl sites for hydroxylation is 1. The average molecular weight is 326 g/mol. The monoisotopic (exact) mass is 326 g/mol. The van der Waals surface area contributed by atoms with Gasteiger partial charge in [-0.2, -0.15) is 5.10 Å². The quantitative estimate of drug-likeness (QED) is 0.827. The van der Waals surface area contributed by atoms with Crippen molar-refractivity contribution >= 4 is 11.8 Å². The molecule has 0 amide bonds. The van der Waals surface area contributed by atoms with E-state index in [0.717, 1.165) is 56.5 Å². The lowest BCUT2D eigenvalue weighted by molar-refractivity contribution is -0.0634. The summed E-state index contributed by atoms with van der Waals surface area (Å²) < 4.78 is 6.25. The number of piperidine rings is 1. The Bertz CT molecular complexity index is 675. The molecule has 2 aromatic heterocycles. The van der Waals surface area contributed by atoms with Gasteiger partial charge in [0.25, 0.3) is 0 Å². The summed E-state index contributed by atoms with van der Waals surface area (Å²) in [6.45, 7) is 6.11. The molecule has 1 unspecified atom stereocenters. The topological polar surface area (TPSA) is 67.3 Å². The Morgan fingerprint density at radius 3 is 2.67 bits per heavy atom. The van der Waals surface area contributed by atoms with Crippen molar-refractivity contribution in [3.8, 4) is 0 Å². The van der Waals surface area contributed by atoms with E-state index in [1.165, 1.54) is 0 Å². The molecule has 0 aliphatic carbocycles. The maximum absolute atomic E-state index is 6.25. The van der Waals surface area contributed by atoms with E-state index in [-0.39, 0.29) is 5.60 Å². The summed E-state index contributed by atoms with van der Waals surface area (Å²) >= 11 is 0. The SMILES string of the molecule is Cc1ccc(N2CCCC3(C2)CN(c2ncccn2)CCO3)nn1. The number of anilines is 2. The average Bonchev–Trinajstić information content (AvgIpc) is 2.63. The maximum atomic E-state index is 6.25. The van der Waals surface area contributed by atoms with Gasteiger partial charge in [-0.3, -0.25) is 0 Å². The van der Waals surface area contributed by atoms with E-state index in [9.17, 15) is 0 Å². The Kier molecular flexibility index (Phi) is 4.02. The fraction of sp³-hybridized carbons (Fsp3) is 0.529. The Hall–Kier alpha value is -2.28. The van der Waals surface area contributed by atoms with Crippen LogP contribution in [0.4, 0.5) is 11.8 Å². The number of hydrogen-bond donors (Lipinski definition) is 0. The number of hydrogen-bond acceptors (Lipinski definition) is 7. The van der Waals surface area contributed by atoms with Gasteiger partial charge >= 0.3 is 0 Å². The molecule has 2 aliphatic heterocycles. The lowest BCUT2D eigenvalue weighted by Crippen LogP contribution is -2.60. The minimum absolute atomic E-state index is 0.192. The lowest BCUT2D eigenvalue weighted by Gasteiger charge is -2.48. The lowest BCUT2D eigenvalue weighted by atomic mass is 9.90. The molecule has 0 bridgehead atoms. The zero-order chi connectivity index (χ0) is 16.4. The predicted octanol–water partition coefficient (Wildman–Crippen LogP) is 1.45. The van der Waals surface area contributed by atoms with Gasteiger partial charge < -0.3 is 14.5 Å². The third-order valence-electron chi connectivity index (χ3n) is 4.73. The highest BCUT2D eigenvalue weighted by Gasteiger charge is 2.41. The molecule has 126 valence electrons. The van der Waals surface area contributed by atoms with Crippen LogP contribution in [0.5, 0.6) is 0 Å². The molecule has 4 rings (SSSR count). The number of rotatable bonds is 2. The van der Waals surface area contributed by atoms with Gasteiger partial charge in [-0.05, 0) is 38.0 Å². The fourth-order valence-electron chi connectivity index (χ4n) is 3.57. The van der Waals surface area contributed by atoms with Gasteiger partial charge in [0, 0.05) is 25.5 Å². The van der Waals surface area contributed by atoms with Crippen LogP contribution in [0, 0.1) is 6.92 Å². The number of ether oxygens (including phenoxy) is 1. The van der Waals surface area contributed by atoms with E-state index in [0.29, 0.717) is 6.61 Å². The first-order chi connectivity index (χ1) is 11.7. The summed E-state index contributed by atoms with van der Waals surface area (Å²) in [6, 6.07) is 5.90. The van der Waals surface area contributed by atoms with Crippen LogP contribution < -0.4 is 9.80 Å². The Labute approximate surface area is 141 Å². The minimum atomic E-state index is -0.192. The second kappa shape index (κ2) is 6.32. The Morgan fingerprint density at radius 1 is 1.04 bits per heavy atom. The maximum Gasteiger partial charge on any atom is 0.225 e. The molecule has 4 heterocycles. The van der Waals surface area contributed by atoms with Crippen LogP contribution in [0.1, 0.15) is 18.5 Å². The highest BCUT2D eigenvalue weighted by Crippen LogP contribution is 2.31. The zero-order valence-corrected chi connectivity index (χ0v) is 13.9. The van der Waals surface area contributed by atoms with E-state index in [4.69, 9.17) is 4.74 Å². The molecule has 0 radical (unpaired) electrons. The van der Waals surface area contributed by atoms with Crippen molar-refractivity contribution in [1.82, 2.24) is 20.2 Å². The van der Waals surface area contributed by atoms with Crippen molar-refractivity contribution in [3.63, 3.8) is 0 Å². The first-order valence-corrected chi connectivity index (χ1v) is 8.45. The Morgan fingerprint density at radius 2 is 1.88 bits per heavy atom. The normalized spacial score (nSPS) is 24.4. The van der Waals surface area contributed by atoms with Crippen molar-refractivity contribution in [1.29, 1.82) is 0 Å². The highest BCUT2D eigenvalue weighted by molar-refractivity contribution is 5.40. The molecule has 1 spiro atoms. The standard InChI is InChI=1S/C17H22N6O/c1-14-4-5-15(21-20-14)22-9-2-6-17(12-22)13-23(10-11-24-17)16-18-7-3-8-19-16/h3-5,7-8H,2,6,9-13H2,1H3. The summed E-state index contributed by atoms with van der Waals surface area (Å²) in [7, 11) is 0. The molecular formula is C17H22N6O. The second-order valence-corrected chi connectivity index (χ2v) is 6.56. The van der Waals surface area contributed by atoms with Gasteiger partial charge in [0.05, 0.1) is 25.4 Å². The van der Waals surface area contributed by atoms with Crippen molar-refractivity contribution in [3.05, 3.63) is 36.3 Å². The van der Waals surface area contributed by atoms with Crippen LogP contribution in [0.15, 0.2) is 30.6 Å². The largest absolute Gasteiger partial charge is 0.369 e. The molecule has 2 saturated heterocycles. The van der Waals surface area contributed by atoms with Crippen molar-refractivity contribution in [2.45, 2.75) is 25.4 Å². The van der Waals surface area contributed by atoms with Gasteiger partial charge in [-0.1, -0.05) is 0 Å². The predicted molar refractivity (Wildman–Crippen MR) is 91.1 cm³/mol. The van der Waals surface area contributed by atoms with E-state index in [2.05, 4.69) is 30.0 Å². The van der Waals surface area contributed by atoms with Crippen molar-refractivity contribution in [2.24, 2.45) is 0 Å². The van der Waals surface area contributed by atoms with Crippen LogP contribution >= 0.6 is 0 Å². The third kappa shape index (κ3) is 3.03. The first kappa shape index (κ1) is 15.3. The van der Waals surface area contributed by atoms with Crippen LogP contribution in [0.25, 0.3) is 0 Å². The first-order valence-electron chi connectivity index (χ1n) is 8.45. The molecular weight excluding hydrogens is 304 g/mol. The van der Waals surface area contributed by atoms with E-state index in [1.807, 2.05) is 25.1 Å². The van der Waals surface area contributed by atoms with Gasteiger partial charge in [0.2, 0.25) is 5.95 Å². The van der Waals surface area contributed by atoms with Crippen LogP contribution in [0.2, 0.25) is 0 Å². The molecule has 2 aliphatic rings. The highest BCUT2D eigenvalue weighted by atomic mass is 16.5.